The van der Waals surface area contributed by atoms with Gasteiger partial charge in [0.1, 0.15) is 9.34 Å². The Morgan fingerprint density at radius 1 is 1.29 bits per heavy atom. The van der Waals surface area contributed by atoms with Gasteiger partial charge in [-0.05, 0) is 44.3 Å². The molecule has 184 valence electrons. The second-order valence-corrected chi connectivity index (χ2v) is 12.6. The lowest BCUT2D eigenvalue weighted by molar-refractivity contribution is -0.127. The van der Waals surface area contributed by atoms with Crippen LogP contribution in [-0.2, 0) is 31.4 Å². The maximum Gasteiger partial charge on any atom is 0.240 e. The molecular weight excluding hydrogens is 498 g/mol. The predicted octanol–water partition coefficient (Wildman–Crippen LogP) is 1.72. The van der Waals surface area contributed by atoms with E-state index in [2.05, 4.69) is 9.71 Å². The molecule has 1 unspecified atom stereocenters. The summed E-state index contributed by atoms with van der Waals surface area (Å²) in [6.07, 6.45) is 2.29. The molecule has 3 heterocycles. The van der Waals surface area contributed by atoms with E-state index in [0.717, 1.165) is 5.56 Å². The van der Waals surface area contributed by atoms with Gasteiger partial charge in [0.05, 0.1) is 17.5 Å². The fraction of sp³-hybridized carbons (Fsp3) is 0.500. The number of thiazole rings is 1. The number of amides is 2. The molecule has 2 aromatic rings. The second-order valence-electron chi connectivity index (χ2n) is 9.07. The largest absolute Gasteiger partial charge is 0.342 e. The molecule has 2 aliphatic heterocycles. The van der Waals surface area contributed by atoms with E-state index in [1.54, 1.807) is 21.9 Å². The van der Waals surface area contributed by atoms with E-state index in [9.17, 15) is 18.0 Å². The molecule has 12 heteroatoms. The highest BCUT2D eigenvalue weighted by molar-refractivity contribution is 7.89. The zero-order valence-corrected chi connectivity index (χ0v) is 21.8. The number of hydrogen-bond acceptors (Lipinski definition) is 7. The normalized spacial score (nSPS) is 19.9. The molecule has 0 bridgehead atoms. The Bertz CT molecular complexity index is 1220. The molecule has 1 spiro atoms. The number of rotatable bonds is 7. The number of aromatic nitrogens is 1. The van der Waals surface area contributed by atoms with Crippen molar-refractivity contribution in [1.29, 1.82) is 0 Å². The van der Waals surface area contributed by atoms with E-state index in [-0.39, 0.29) is 29.7 Å². The van der Waals surface area contributed by atoms with Crippen molar-refractivity contribution in [3.05, 3.63) is 39.3 Å². The smallest absolute Gasteiger partial charge is 0.240 e. The number of fused-ring (bicyclic) bond motifs is 2. The minimum Gasteiger partial charge on any atom is -0.342 e. The van der Waals surface area contributed by atoms with Crippen LogP contribution in [0, 0.1) is 0 Å². The highest BCUT2D eigenvalue weighted by Gasteiger charge is 2.49. The zero-order chi connectivity index (χ0) is 24.7. The molecule has 2 aliphatic rings. The molecule has 0 aliphatic carbocycles. The Hall–Kier alpha value is -2.05. The molecule has 34 heavy (non-hydrogen) atoms. The van der Waals surface area contributed by atoms with E-state index in [0.29, 0.717) is 47.6 Å². The summed E-state index contributed by atoms with van der Waals surface area (Å²) in [5.74, 6) is -0.167. The maximum absolute atomic E-state index is 13.3. The Balaban J connectivity index is 1.67. The number of carbonyl (C=O) groups excluding carboxylic acids is 2. The fourth-order valence-corrected chi connectivity index (χ4v) is 6.60. The van der Waals surface area contributed by atoms with Crippen molar-refractivity contribution < 1.29 is 18.0 Å². The van der Waals surface area contributed by atoms with Crippen molar-refractivity contribution in [1.82, 2.24) is 19.5 Å². The average molecular weight is 526 g/mol. The van der Waals surface area contributed by atoms with E-state index < -0.39 is 15.4 Å². The highest BCUT2D eigenvalue weighted by Crippen LogP contribution is 2.47. The third-order valence-electron chi connectivity index (χ3n) is 6.38. The van der Waals surface area contributed by atoms with Gasteiger partial charge >= 0.3 is 0 Å². The van der Waals surface area contributed by atoms with Crippen LogP contribution in [-0.4, -0.2) is 81.8 Å². The summed E-state index contributed by atoms with van der Waals surface area (Å²) in [4.78, 5) is 35.0. The zero-order valence-electron chi connectivity index (χ0n) is 19.4. The first-order valence-electron chi connectivity index (χ1n) is 11.0. The molecule has 1 aromatic heterocycles. The number of benzene rings is 1. The summed E-state index contributed by atoms with van der Waals surface area (Å²) in [5.41, 5.74) is 0.967. The Kier molecular flexibility index (Phi) is 7.03. The molecular formula is C22H28ClN5O4S2. The molecule has 1 saturated heterocycles. The second kappa shape index (κ2) is 9.54. The third kappa shape index (κ3) is 4.99. The SMILES string of the molecule is CC(=O)N1CCC2(C1)CN(C(=O)Cc1ncc(Cl)s1)c1ccc(S(=O)(=O)NCCN(C)C)cc12. The quantitative estimate of drug-likeness (QED) is 0.590. The lowest BCUT2D eigenvalue weighted by Gasteiger charge is -2.25. The highest BCUT2D eigenvalue weighted by atomic mass is 35.5. The molecule has 0 saturated carbocycles. The number of anilines is 1. The standard InChI is InChI=1S/C22H28ClN5O4S2/c1-15(29)27-8-6-22(13-27)14-28(21(30)11-20-24-12-19(23)33-20)18-5-4-16(10-17(18)22)34(31,32)25-7-9-26(2)3/h4-5,10,12,25H,6-9,11,13-14H2,1-3H3. The average Bonchev–Trinajstić information content (AvgIpc) is 3.46. The summed E-state index contributed by atoms with van der Waals surface area (Å²) in [5, 5.41) is 0.624. The van der Waals surface area contributed by atoms with Crippen LogP contribution in [0.25, 0.3) is 0 Å². The summed E-state index contributed by atoms with van der Waals surface area (Å²) in [6, 6.07) is 4.91. The van der Waals surface area contributed by atoms with Crippen molar-refractivity contribution in [2.45, 2.75) is 30.1 Å². The van der Waals surface area contributed by atoms with Gasteiger partial charge in [-0.2, -0.15) is 0 Å². The summed E-state index contributed by atoms with van der Waals surface area (Å²) in [6.45, 7) is 3.79. The van der Waals surface area contributed by atoms with Gasteiger partial charge in [-0.3, -0.25) is 9.59 Å². The first kappa shape index (κ1) is 25.1. The Morgan fingerprint density at radius 2 is 2.06 bits per heavy atom. The molecule has 4 rings (SSSR count). The van der Waals surface area contributed by atoms with Gasteiger partial charge in [0, 0.05) is 50.7 Å². The van der Waals surface area contributed by atoms with Crippen LogP contribution in [0.15, 0.2) is 29.3 Å². The number of sulfonamides is 1. The van der Waals surface area contributed by atoms with Crippen molar-refractivity contribution in [2.75, 3.05) is 51.7 Å². The monoisotopic (exact) mass is 525 g/mol. The fourth-order valence-electron chi connectivity index (χ4n) is 4.61. The number of nitrogens with one attached hydrogen (secondary N) is 1. The van der Waals surface area contributed by atoms with Crippen LogP contribution in [0.3, 0.4) is 0 Å². The van der Waals surface area contributed by atoms with Crippen LogP contribution < -0.4 is 9.62 Å². The topological polar surface area (TPSA) is 103 Å². The lowest BCUT2D eigenvalue weighted by atomic mass is 9.81. The van der Waals surface area contributed by atoms with Gasteiger partial charge in [0.2, 0.25) is 21.8 Å². The van der Waals surface area contributed by atoms with Crippen molar-refractivity contribution in [2.24, 2.45) is 0 Å². The summed E-state index contributed by atoms with van der Waals surface area (Å²) in [7, 11) is 0.0284. The van der Waals surface area contributed by atoms with Crippen LogP contribution in [0.5, 0.6) is 0 Å². The van der Waals surface area contributed by atoms with Crippen LogP contribution >= 0.6 is 22.9 Å². The lowest BCUT2D eigenvalue weighted by Crippen LogP contribution is -2.40. The van der Waals surface area contributed by atoms with E-state index in [4.69, 9.17) is 11.6 Å². The van der Waals surface area contributed by atoms with Crippen molar-refractivity contribution in [3.63, 3.8) is 0 Å². The molecule has 0 radical (unpaired) electrons. The molecule has 1 atom stereocenters. The van der Waals surface area contributed by atoms with Crippen molar-refractivity contribution in [3.8, 4) is 0 Å². The number of halogens is 1. The third-order valence-corrected chi connectivity index (χ3v) is 8.95. The minimum absolute atomic E-state index is 0.0326. The summed E-state index contributed by atoms with van der Waals surface area (Å²) >= 11 is 7.23. The Labute approximate surface area is 208 Å². The van der Waals surface area contributed by atoms with E-state index in [1.807, 2.05) is 19.0 Å². The maximum atomic E-state index is 13.3. The molecule has 1 N–H and O–H groups in total. The van der Waals surface area contributed by atoms with Gasteiger partial charge in [-0.15, -0.1) is 11.3 Å². The molecule has 2 amide bonds. The van der Waals surface area contributed by atoms with Gasteiger partial charge in [-0.1, -0.05) is 11.6 Å². The van der Waals surface area contributed by atoms with Gasteiger partial charge in [-0.25, -0.2) is 18.1 Å². The van der Waals surface area contributed by atoms with E-state index >= 15 is 0 Å². The number of carbonyl (C=O) groups is 2. The molecule has 9 nitrogen and oxygen atoms in total. The first-order valence-corrected chi connectivity index (χ1v) is 13.6. The van der Waals surface area contributed by atoms with Gasteiger partial charge in [0.25, 0.3) is 0 Å². The Morgan fingerprint density at radius 3 is 2.68 bits per heavy atom. The number of likely N-dealkylation sites (N-methyl/N-ethyl adjacent to an activating group) is 1. The predicted molar refractivity (Wildman–Crippen MR) is 132 cm³/mol. The van der Waals surface area contributed by atoms with E-state index in [1.165, 1.54) is 30.5 Å². The molecule has 1 aromatic carbocycles. The number of hydrogen-bond donors (Lipinski definition) is 1. The van der Waals surface area contributed by atoms with Crippen LogP contribution in [0.2, 0.25) is 4.34 Å². The van der Waals surface area contributed by atoms with Crippen LogP contribution in [0.1, 0.15) is 23.9 Å². The first-order chi connectivity index (χ1) is 16.0. The van der Waals surface area contributed by atoms with Crippen molar-refractivity contribution >= 4 is 50.5 Å². The van der Waals surface area contributed by atoms with Gasteiger partial charge < -0.3 is 14.7 Å². The minimum atomic E-state index is -3.72. The van der Waals surface area contributed by atoms with Crippen LogP contribution in [0.4, 0.5) is 5.69 Å². The van der Waals surface area contributed by atoms with Gasteiger partial charge in [0.15, 0.2) is 0 Å². The number of nitrogens with zero attached hydrogens (tertiary/aromatic N) is 4. The summed E-state index contributed by atoms with van der Waals surface area (Å²) < 4.78 is 29.1. The number of likely N-dealkylation sites (tertiary alicyclic amines) is 1. The molecule has 1 fully saturated rings.